The average molecular weight is 443 g/mol. The van der Waals surface area contributed by atoms with Crippen molar-refractivity contribution in [2.24, 2.45) is 0 Å². The van der Waals surface area contributed by atoms with E-state index in [1.165, 1.54) is 32.1 Å². The van der Waals surface area contributed by atoms with Crippen LogP contribution < -0.4 is 11.1 Å². The lowest BCUT2D eigenvalue weighted by Gasteiger charge is -2.16. The number of hydrogen-bond donors (Lipinski definition) is 0. The topological polar surface area (TPSA) is 69.8 Å². The van der Waals surface area contributed by atoms with Crippen molar-refractivity contribution in [3.8, 4) is 0 Å². The van der Waals surface area contributed by atoms with E-state index in [1.54, 1.807) is 24.2 Å². The van der Waals surface area contributed by atoms with Crippen LogP contribution in [0.25, 0.3) is 21.5 Å². The highest BCUT2D eigenvalue weighted by Gasteiger charge is 2.16. The summed E-state index contributed by atoms with van der Waals surface area (Å²) in [5.74, 6) is 0. The normalized spacial score (nSPS) is 13.6. The number of hydrogen-bond acceptors (Lipinski definition) is 7. The minimum Gasteiger partial charge on any atom is -0.266 e. The van der Waals surface area contributed by atoms with Crippen LogP contribution in [0.1, 0.15) is 13.8 Å². The molecule has 0 amide bonds. The third-order valence-corrected chi connectivity index (χ3v) is 7.68. The Balaban J connectivity index is 1.46. The largest absolute Gasteiger partial charge is 0.285 e. The molecule has 0 aliphatic carbocycles. The third-order valence-electron chi connectivity index (χ3n) is 4.21. The number of benzene rings is 2. The first-order valence-corrected chi connectivity index (χ1v) is 11.6. The zero-order valence-corrected chi connectivity index (χ0v) is 18.2. The maximum Gasteiger partial charge on any atom is 0.285 e. The van der Waals surface area contributed by atoms with Gasteiger partial charge in [-0.1, -0.05) is 36.4 Å². The van der Waals surface area contributed by atoms with Gasteiger partial charge in [0.15, 0.2) is 0 Å². The molecule has 4 rings (SSSR count). The van der Waals surface area contributed by atoms with Gasteiger partial charge < -0.3 is 0 Å². The molecule has 0 saturated carbocycles. The second-order valence-electron chi connectivity index (χ2n) is 6.30. The Kier molecular flexibility index (Phi) is 5.98. The van der Waals surface area contributed by atoms with Crippen molar-refractivity contribution in [2.75, 3.05) is 0 Å². The molecule has 2 aromatic heterocycles. The number of fused-ring (bicyclic) bond motifs is 2. The van der Waals surface area contributed by atoms with Gasteiger partial charge in [-0.2, -0.15) is 18.4 Å². The molecule has 0 aliphatic rings. The van der Waals surface area contributed by atoms with Gasteiger partial charge in [0, 0.05) is 10.8 Å². The van der Waals surface area contributed by atoms with E-state index < -0.39 is 0 Å². The Labute approximate surface area is 180 Å². The van der Waals surface area contributed by atoms with Gasteiger partial charge in [-0.05, 0) is 49.9 Å². The monoisotopic (exact) mass is 442 g/mol. The highest BCUT2D eigenvalue weighted by molar-refractivity contribution is 8.23. The van der Waals surface area contributed by atoms with Crippen LogP contribution in [-0.2, 0) is 0 Å². The van der Waals surface area contributed by atoms with Crippen LogP contribution in [0.5, 0.6) is 0 Å². The van der Waals surface area contributed by atoms with Crippen LogP contribution in [0.3, 0.4) is 0 Å². The van der Waals surface area contributed by atoms with E-state index in [1.807, 2.05) is 62.4 Å². The van der Waals surface area contributed by atoms with Gasteiger partial charge in [-0.25, -0.2) is 0 Å². The molecule has 2 aromatic carbocycles. The zero-order valence-electron chi connectivity index (χ0n) is 15.8. The first kappa shape index (κ1) is 20.1. The van der Waals surface area contributed by atoms with E-state index in [4.69, 9.17) is 0 Å². The molecule has 148 valence electrons. The summed E-state index contributed by atoms with van der Waals surface area (Å²) in [4.78, 5) is 25.2. The van der Waals surface area contributed by atoms with Crippen molar-refractivity contribution in [2.45, 2.75) is 23.0 Å². The Hall–Kier alpha value is -2.23. The molecule has 0 aliphatic heterocycles. The molecular weight excluding hydrogens is 424 g/mol. The Bertz CT molecular complexity index is 1190. The molecular formula is C20H18N4O2S3. The summed E-state index contributed by atoms with van der Waals surface area (Å²) >= 11 is 4.38. The smallest absolute Gasteiger partial charge is 0.266 e. The molecule has 0 bridgehead atoms. The lowest BCUT2D eigenvalue weighted by atomic mass is 10.2. The van der Waals surface area contributed by atoms with Crippen LogP contribution >= 0.6 is 35.7 Å². The predicted molar refractivity (Wildman–Crippen MR) is 124 cm³/mol. The number of thioether (sulfide) groups is 1. The van der Waals surface area contributed by atoms with Crippen LogP contribution in [0.2, 0.25) is 0 Å². The molecule has 29 heavy (non-hydrogen) atoms. The van der Waals surface area contributed by atoms with E-state index in [-0.39, 0.29) is 20.3 Å². The quantitative estimate of drug-likeness (QED) is 0.414. The van der Waals surface area contributed by atoms with E-state index >= 15 is 0 Å². The minimum atomic E-state index is -0.117. The highest BCUT2D eigenvalue weighted by Crippen LogP contribution is 2.32. The van der Waals surface area contributed by atoms with Gasteiger partial charge >= 0.3 is 0 Å². The van der Waals surface area contributed by atoms with Gasteiger partial charge in [0.2, 0.25) is 0 Å². The summed E-state index contributed by atoms with van der Waals surface area (Å²) in [5, 5.41) is 11.5. The van der Waals surface area contributed by atoms with Crippen molar-refractivity contribution < 1.29 is 0 Å². The number of nitrogens with zero attached hydrogens (tertiary/aromatic N) is 4. The first-order valence-electron chi connectivity index (χ1n) is 8.97. The summed E-state index contributed by atoms with van der Waals surface area (Å²) in [6.45, 7) is 4.04. The number of rotatable bonds is 6. The second-order valence-corrected chi connectivity index (χ2v) is 11.1. The maximum atomic E-state index is 12.6. The summed E-state index contributed by atoms with van der Waals surface area (Å²) in [5.41, 5.74) is -0.235. The Morgan fingerprint density at radius 2 is 1.14 bits per heavy atom. The fourth-order valence-corrected chi connectivity index (χ4v) is 6.69. The predicted octanol–water partition coefficient (Wildman–Crippen LogP) is 4.22. The molecule has 0 N–H and O–H groups in total. The third kappa shape index (κ3) is 4.36. The standard InChI is InChI=1S/C20H18N4O2S3/c1-13(28-23-19(25)17-9-5-3-7-15(17)11-21-23)27-14(2)29-24-20(26)18-10-6-4-8-16(18)12-22-24/h3-14H,1-2H3. The Morgan fingerprint density at radius 3 is 1.59 bits per heavy atom. The molecule has 2 heterocycles. The fourth-order valence-electron chi connectivity index (χ4n) is 2.90. The lowest BCUT2D eigenvalue weighted by molar-refractivity contribution is 0.931. The fraction of sp³-hybridized carbons (Fsp3) is 0.200. The lowest BCUT2D eigenvalue weighted by Crippen LogP contribution is -2.21. The van der Waals surface area contributed by atoms with E-state index in [2.05, 4.69) is 10.2 Å². The second kappa shape index (κ2) is 8.64. The van der Waals surface area contributed by atoms with E-state index in [0.29, 0.717) is 10.8 Å². The summed E-state index contributed by atoms with van der Waals surface area (Å²) in [6, 6.07) is 14.9. The van der Waals surface area contributed by atoms with Gasteiger partial charge in [0.25, 0.3) is 11.1 Å². The molecule has 2 atom stereocenters. The van der Waals surface area contributed by atoms with Crippen molar-refractivity contribution in [3.05, 3.63) is 81.6 Å². The Morgan fingerprint density at radius 1 is 0.724 bits per heavy atom. The molecule has 2 unspecified atom stereocenters. The maximum absolute atomic E-state index is 12.6. The van der Waals surface area contributed by atoms with E-state index in [0.717, 1.165) is 10.8 Å². The molecule has 6 nitrogen and oxygen atoms in total. The molecule has 0 saturated heterocycles. The first-order chi connectivity index (χ1) is 14.0. The van der Waals surface area contributed by atoms with Gasteiger partial charge in [-0.3, -0.25) is 9.59 Å². The van der Waals surface area contributed by atoms with Crippen molar-refractivity contribution in [1.29, 1.82) is 0 Å². The van der Waals surface area contributed by atoms with Crippen LogP contribution in [0.15, 0.2) is 70.5 Å². The summed E-state index contributed by atoms with van der Waals surface area (Å²) < 4.78 is 2.97. The SMILES string of the molecule is CC(SC(C)Sn1ncc2ccccc2c1=O)Sn1ncc2ccccc2c1=O. The average Bonchev–Trinajstić information content (AvgIpc) is 2.72. The van der Waals surface area contributed by atoms with E-state index in [9.17, 15) is 9.59 Å². The molecule has 0 radical (unpaired) electrons. The van der Waals surface area contributed by atoms with Gasteiger partial charge in [-0.15, -0.1) is 11.8 Å². The van der Waals surface area contributed by atoms with Crippen LogP contribution in [-0.4, -0.2) is 27.5 Å². The highest BCUT2D eigenvalue weighted by atomic mass is 32.2. The minimum absolute atomic E-state index is 0.0556. The molecule has 9 heteroatoms. The van der Waals surface area contributed by atoms with Crippen LogP contribution in [0, 0.1) is 0 Å². The summed E-state index contributed by atoms with van der Waals surface area (Å²) in [6.07, 6.45) is 3.41. The van der Waals surface area contributed by atoms with Crippen molar-refractivity contribution >= 4 is 57.2 Å². The summed E-state index contributed by atoms with van der Waals surface area (Å²) in [7, 11) is 0. The molecule has 0 spiro atoms. The van der Waals surface area contributed by atoms with Gasteiger partial charge in [0.05, 0.1) is 32.3 Å². The van der Waals surface area contributed by atoms with Gasteiger partial charge in [0.1, 0.15) is 0 Å². The van der Waals surface area contributed by atoms with Crippen molar-refractivity contribution in [1.82, 2.24) is 18.4 Å². The molecule has 4 aromatic rings. The van der Waals surface area contributed by atoms with Crippen LogP contribution in [0.4, 0.5) is 0 Å². The zero-order chi connectivity index (χ0) is 20.4. The number of aromatic nitrogens is 4. The van der Waals surface area contributed by atoms with Crippen molar-refractivity contribution in [3.63, 3.8) is 0 Å². The molecule has 0 fully saturated rings.